The van der Waals surface area contributed by atoms with Gasteiger partial charge < -0.3 is 10.2 Å². The zero-order chi connectivity index (χ0) is 18.1. The number of fused-ring (bicyclic) bond motifs is 2. The number of rotatable bonds is 5. The van der Waals surface area contributed by atoms with Gasteiger partial charge in [0, 0.05) is 44.4 Å². The molecule has 9 nitrogen and oxygen atoms in total. The Labute approximate surface area is 148 Å². The lowest BCUT2D eigenvalue weighted by molar-refractivity contribution is -0.133. The SMILES string of the molecule is CN(CCNc1nc2[nH]ncc2c(=O)[nH]1)C(=O)C1Cc2cccnc2C1. The number of pyridine rings is 1. The molecule has 26 heavy (non-hydrogen) atoms. The zero-order valence-electron chi connectivity index (χ0n) is 14.3. The average Bonchev–Trinajstić information content (AvgIpc) is 3.27. The van der Waals surface area contributed by atoms with E-state index >= 15 is 0 Å². The molecule has 0 bridgehead atoms. The number of hydrogen-bond donors (Lipinski definition) is 3. The summed E-state index contributed by atoms with van der Waals surface area (Å²) < 4.78 is 0. The van der Waals surface area contributed by atoms with Gasteiger partial charge in [-0.15, -0.1) is 0 Å². The maximum Gasteiger partial charge on any atom is 0.263 e. The Morgan fingerprint density at radius 3 is 3.15 bits per heavy atom. The molecule has 0 aromatic carbocycles. The largest absolute Gasteiger partial charge is 0.354 e. The predicted molar refractivity (Wildman–Crippen MR) is 95.8 cm³/mol. The van der Waals surface area contributed by atoms with Crippen molar-refractivity contribution in [3.8, 4) is 0 Å². The van der Waals surface area contributed by atoms with Gasteiger partial charge in [-0.3, -0.25) is 24.7 Å². The van der Waals surface area contributed by atoms with Crippen LogP contribution in [0, 0.1) is 5.92 Å². The number of carbonyl (C=O) groups excluding carboxylic acids is 1. The minimum atomic E-state index is -0.257. The highest BCUT2D eigenvalue weighted by molar-refractivity contribution is 5.80. The lowest BCUT2D eigenvalue weighted by Crippen LogP contribution is -2.36. The fraction of sp³-hybridized carbons (Fsp3) is 0.353. The molecule has 134 valence electrons. The number of aromatic nitrogens is 5. The third-order valence-corrected chi connectivity index (χ3v) is 4.68. The Hall–Kier alpha value is -3.23. The third-order valence-electron chi connectivity index (χ3n) is 4.68. The molecule has 3 aromatic rings. The second-order valence-corrected chi connectivity index (χ2v) is 6.45. The fourth-order valence-corrected chi connectivity index (χ4v) is 3.28. The topological polar surface area (TPSA) is 120 Å². The van der Waals surface area contributed by atoms with Gasteiger partial charge in [0.1, 0.15) is 5.39 Å². The number of carbonyl (C=O) groups is 1. The monoisotopic (exact) mass is 353 g/mol. The van der Waals surface area contributed by atoms with E-state index in [0.29, 0.717) is 36.5 Å². The Bertz CT molecular complexity index is 985. The van der Waals surface area contributed by atoms with E-state index in [1.54, 1.807) is 18.1 Å². The lowest BCUT2D eigenvalue weighted by Gasteiger charge is -2.21. The van der Waals surface area contributed by atoms with E-state index in [9.17, 15) is 9.59 Å². The van der Waals surface area contributed by atoms with Crippen LogP contribution in [0.25, 0.3) is 11.0 Å². The molecule has 0 spiro atoms. The summed E-state index contributed by atoms with van der Waals surface area (Å²) in [6.07, 6.45) is 4.64. The first-order valence-corrected chi connectivity index (χ1v) is 8.47. The molecular formula is C17H19N7O2. The van der Waals surface area contributed by atoms with Gasteiger partial charge in [-0.25, -0.2) is 0 Å². The van der Waals surface area contributed by atoms with Crippen LogP contribution in [0.5, 0.6) is 0 Å². The van der Waals surface area contributed by atoms with Crippen LogP contribution in [0.3, 0.4) is 0 Å². The molecule has 1 amide bonds. The number of aromatic amines is 2. The Morgan fingerprint density at radius 1 is 1.42 bits per heavy atom. The zero-order valence-corrected chi connectivity index (χ0v) is 14.3. The van der Waals surface area contributed by atoms with Gasteiger partial charge in [-0.2, -0.15) is 10.1 Å². The third kappa shape index (κ3) is 3.03. The Kier molecular flexibility index (Phi) is 4.11. The average molecular weight is 353 g/mol. The van der Waals surface area contributed by atoms with Crippen LogP contribution in [-0.4, -0.2) is 56.1 Å². The van der Waals surface area contributed by atoms with Crippen molar-refractivity contribution in [1.29, 1.82) is 0 Å². The minimum Gasteiger partial charge on any atom is -0.354 e. The first kappa shape index (κ1) is 16.2. The van der Waals surface area contributed by atoms with E-state index in [1.807, 2.05) is 12.1 Å². The normalized spacial score (nSPS) is 15.8. The first-order valence-electron chi connectivity index (χ1n) is 8.47. The number of H-pyrrole nitrogens is 2. The Morgan fingerprint density at radius 2 is 2.31 bits per heavy atom. The highest BCUT2D eigenvalue weighted by Gasteiger charge is 2.29. The molecule has 0 aliphatic heterocycles. The number of anilines is 1. The molecule has 1 aliphatic rings. The molecule has 1 atom stereocenters. The first-order chi connectivity index (χ1) is 12.6. The van der Waals surface area contributed by atoms with Crippen LogP contribution in [0.1, 0.15) is 11.3 Å². The maximum absolute atomic E-state index is 12.6. The Balaban J connectivity index is 1.33. The summed E-state index contributed by atoms with van der Waals surface area (Å²) in [5.74, 6) is 0.407. The number of likely N-dealkylation sites (N-methyl/N-ethyl adjacent to an activating group) is 1. The maximum atomic E-state index is 12.6. The summed E-state index contributed by atoms with van der Waals surface area (Å²) in [7, 11) is 1.79. The highest BCUT2D eigenvalue weighted by atomic mass is 16.2. The molecule has 9 heteroatoms. The summed E-state index contributed by atoms with van der Waals surface area (Å²) in [5, 5.41) is 9.93. The van der Waals surface area contributed by atoms with Gasteiger partial charge in [0.2, 0.25) is 11.9 Å². The van der Waals surface area contributed by atoms with Crippen molar-refractivity contribution >= 4 is 22.9 Å². The second-order valence-electron chi connectivity index (χ2n) is 6.45. The van der Waals surface area contributed by atoms with Gasteiger partial charge in [-0.1, -0.05) is 6.07 Å². The molecule has 0 fully saturated rings. The quantitative estimate of drug-likeness (QED) is 0.608. The van der Waals surface area contributed by atoms with Gasteiger partial charge in [0.05, 0.1) is 6.20 Å². The van der Waals surface area contributed by atoms with Crippen molar-refractivity contribution in [3.63, 3.8) is 0 Å². The van der Waals surface area contributed by atoms with Crippen molar-refractivity contribution in [2.45, 2.75) is 12.8 Å². The molecule has 0 radical (unpaired) electrons. The van der Waals surface area contributed by atoms with Gasteiger partial charge >= 0.3 is 0 Å². The van der Waals surface area contributed by atoms with E-state index in [0.717, 1.165) is 17.7 Å². The molecular weight excluding hydrogens is 334 g/mol. The van der Waals surface area contributed by atoms with Gasteiger partial charge in [0.15, 0.2) is 5.65 Å². The molecule has 3 heterocycles. The van der Waals surface area contributed by atoms with Crippen LogP contribution >= 0.6 is 0 Å². The van der Waals surface area contributed by atoms with Crippen molar-refractivity contribution < 1.29 is 4.79 Å². The van der Waals surface area contributed by atoms with Gasteiger partial charge in [0.25, 0.3) is 5.56 Å². The second kappa shape index (κ2) is 6.58. The molecule has 1 aliphatic carbocycles. The van der Waals surface area contributed by atoms with Crippen LogP contribution in [0.2, 0.25) is 0 Å². The smallest absolute Gasteiger partial charge is 0.263 e. The van der Waals surface area contributed by atoms with Crippen molar-refractivity contribution in [2.24, 2.45) is 5.92 Å². The van der Waals surface area contributed by atoms with Crippen molar-refractivity contribution in [1.82, 2.24) is 30.0 Å². The summed E-state index contributed by atoms with van der Waals surface area (Å²) in [5.41, 5.74) is 2.35. The van der Waals surface area contributed by atoms with E-state index in [-0.39, 0.29) is 17.4 Å². The van der Waals surface area contributed by atoms with E-state index in [1.165, 1.54) is 6.20 Å². The molecule has 0 saturated carbocycles. The fourth-order valence-electron chi connectivity index (χ4n) is 3.28. The number of amides is 1. The molecule has 3 N–H and O–H groups in total. The van der Waals surface area contributed by atoms with Crippen LogP contribution < -0.4 is 10.9 Å². The van der Waals surface area contributed by atoms with E-state index in [4.69, 9.17) is 0 Å². The van der Waals surface area contributed by atoms with E-state index in [2.05, 4.69) is 30.5 Å². The lowest BCUT2D eigenvalue weighted by atomic mass is 10.1. The predicted octanol–water partition coefficient (Wildman–Crippen LogP) is 0.326. The summed E-state index contributed by atoms with van der Waals surface area (Å²) >= 11 is 0. The van der Waals surface area contributed by atoms with Gasteiger partial charge in [-0.05, 0) is 18.1 Å². The molecule has 0 saturated heterocycles. The van der Waals surface area contributed by atoms with Crippen molar-refractivity contribution in [3.05, 3.63) is 46.1 Å². The molecule has 4 rings (SSSR count). The van der Waals surface area contributed by atoms with Crippen LogP contribution in [0.4, 0.5) is 5.95 Å². The van der Waals surface area contributed by atoms with Crippen molar-refractivity contribution in [2.75, 3.05) is 25.5 Å². The highest BCUT2D eigenvalue weighted by Crippen LogP contribution is 2.25. The van der Waals surface area contributed by atoms with Crippen LogP contribution in [0.15, 0.2) is 29.3 Å². The number of nitrogens with one attached hydrogen (secondary N) is 3. The minimum absolute atomic E-state index is 0.0517. The van der Waals surface area contributed by atoms with E-state index < -0.39 is 0 Å². The number of hydrogen-bond acceptors (Lipinski definition) is 6. The molecule has 3 aromatic heterocycles. The summed E-state index contributed by atoms with van der Waals surface area (Å²) in [6.45, 7) is 0.979. The van der Waals surface area contributed by atoms with Crippen LogP contribution in [-0.2, 0) is 17.6 Å². The summed E-state index contributed by atoms with van der Waals surface area (Å²) in [6, 6.07) is 3.94. The molecule has 1 unspecified atom stereocenters. The number of nitrogens with zero attached hydrogens (tertiary/aromatic N) is 4. The summed E-state index contributed by atoms with van der Waals surface area (Å²) in [4.78, 5) is 37.5. The standard InChI is InChI=1S/C17H19N7O2/c1-24(16(26)11-7-10-3-2-4-18-13(10)8-11)6-5-19-17-21-14-12(9-20-23-14)15(25)22-17/h2-4,9,11H,5-8H2,1H3,(H3,19,20,21,22,23,25).